The normalized spacial score (nSPS) is 21.0. The Kier molecular flexibility index (Phi) is 2.74. The summed E-state index contributed by atoms with van der Waals surface area (Å²) < 4.78 is 30.6. The monoisotopic (exact) mass is 231 g/mol. The van der Waals surface area contributed by atoms with Crippen LogP contribution in [0.15, 0.2) is 18.7 Å². The third kappa shape index (κ3) is 1.73. The van der Waals surface area contributed by atoms with Crippen LogP contribution in [0, 0.1) is 0 Å². The SMILES string of the molecule is C[n+]1ccn(C(F)(F)C2(O)CCCCC2)c1. The number of rotatable bonds is 2. The van der Waals surface area contributed by atoms with Crippen LogP contribution in [0.4, 0.5) is 8.78 Å². The number of hydrogen-bond acceptors (Lipinski definition) is 1. The summed E-state index contributed by atoms with van der Waals surface area (Å²) in [4.78, 5) is 0. The zero-order valence-corrected chi connectivity index (χ0v) is 9.37. The van der Waals surface area contributed by atoms with Crippen molar-refractivity contribution in [2.24, 2.45) is 7.05 Å². The highest BCUT2D eigenvalue weighted by Crippen LogP contribution is 2.43. The Balaban J connectivity index is 2.29. The maximum atomic E-state index is 14.1. The average Bonchev–Trinajstić information content (AvgIpc) is 2.66. The number of aryl methyl sites for hydroxylation is 1. The summed E-state index contributed by atoms with van der Waals surface area (Å²) in [5.74, 6) is 0. The van der Waals surface area contributed by atoms with E-state index in [-0.39, 0.29) is 12.8 Å². The molecule has 1 saturated carbocycles. The molecule has 0 amide bonds. The van der Waals surface area contributed by atoms with Gasteiger partial charge in [-0.25, -0.2) is 4.57 Å². The fourth-order valence-corrected chi connectivity index (χ4v) is 2.29. The van der Waals surface area contributed by atoms with E-state index in [1.165, 1.54) is 12.5 Å². The van der Waals surface area contributed by atoms with Gasteiger partial charge in [0.15, 0.2) is 5.60 Å². The smallest absolute Gasteiger partial charge is 0.379 e. The Hall–Kier alpha value is -0.970. The Morgan fingerprint density at radius 2 is 1.94 bits per heavy atom. The molecule has 3 nitrogen and oxygen atoms in total. The van der Waals surface area contributed by atoms with E-state index in [1.807, 2.05) is 0 Å². The molecule has 0 spiro atoms. The van der Waals surface area contributed by atoms with E-state index in [9.17, 15) is 13.9 Å². The highest BCUT2D eigenvalue weighted by Gasteiger charge is 2.58. The van der Waals surface area contributed by atoms with Gasteiger partial charge < -0.3 is 5.11 Å². The lowest BCUT2D eigenvalue weighted by atomic mass is 9.83. The number of nitrogens with zero attached hydrogens (tertiary/aromatic N) is 2. The van der Waals surface area contributed by atoms with E-state index >= 15 is 0 Å². The van der Waals surface area contributed by atoms with Crippen molar-refractivity contribution < 1.29 is 18.5 Å². The van der Waals surface area contributed by atoms with E-state index < -0.39 is 11.6 Å². The van der Waals surface area contributed by atoms with E-state index in [0.29, 0.717) is 12.8 Å². The summed E-state index contributed by atoms with van der Waals surface area (Å²) >= 11 is 0. The van der Waals surface area contributed by atoms with Crippen molar-refractivity contribution in [3.8, 4) is 0 Å². The first kappa shape index (κ1) is 11.5. The third-order valence-electron chi connectivity index (χ3n) is 3.33. The zero-order valence-electron chi connectivity index (χ0n) is 9.37. The van der Waals surface area contributed by atoms with E-state index in [2.05, 4.69) is 0 Å². The molecular formula is C11H17F2N2O+. The molecule has 1 fully saturated rings. The zero-order chi connectivity index (χ0) is 11.8. The number of hydrogen-bond donors (Lipinski definition) is 1. The van der Waals surface area contributed by atoms with Gasteiger partial charge in [-0.15, -0.1) is 0 Å². The highest BCUT2D eigenvalue weighted by molar-refractivity contribution is 4.93. The average molecular weight is 231 g/mol. The Labute approximate surface area is 93.3 Å². The molecule has 0 aromatic carbocycles. The number of alkyl halides is 2. The topological polar surface area (TPSA) is 29.0 Å². The third-order valence-corrected chi connectivity index (χ3v) is 3.33. The first-order valence-corrected chi connectivity index (χ1v) is 5.60. The maximum absolute atomic E-state index is 14.1. The van der Waals surface area contributed by atoms with Crippen LogP contribution in [0.1, 0.15) is 32.1 Å². The summed E-state index contributed by atoms with van der Waals surface area (Å²) in [6, 6.07) is -3.23. The Bertz CT molecular complexity index is 370. The maximum Gasteiger partial charge on any atom is 0.426 e. The summed E-state index contributed by atoms with van der Waals surface area (Å²) in [7, 11) is 1.68. The van der Waals surface area contributed by atoms with Gasteiger partial charge in [0.05, 0.1) is 7.05 Å². The lowest BCUT2D eigenvalue weighted by Gasteiger charge is -2.35. The van der Waals surface area contributed by atoms with Gasteiger partial charge in [-0.05, 0) is 12.8 Å². The predicted octanol–water partition coefficient (Wildman–Crippen LogP) is 1.56. The molecular weight excluding hydrogens is 214 g/mol. The van der Waals surface area contributed by atoms with E-state index in [1.54, 1.807) is 17.8 Å². The van der Waals surface area contributed by atoms with Crippen LogP contribution in [0.5, 0.6) is 0 Å². The molecule has 0 atom stereocenters. The van der Waals surface area contributed by atoms with Crippen molar-refractivity contribution in [3.63, 3.8) is 0 Å². The molecule has 0 aliphatic heterocycles. The van der Waals surface area contributed by atoms with Gasteiger partial charge in [0.25, 0.3) is 0 Å². The van der Waals surface area contributed by atoms with Crippen LogP contribution >= 0.6 is 0 Å². The van der Waals surface area contributed by atoms with Crippen LogP contribution in [0.25, 0.3) is 0 Å². The summed E-state index contributed by atoms with van der Waals surface area (Å²) in [6.07, 6.45) is 6.74. The summed E-state index contributed by atoms with van der Waals surface area (Å²) in [5.41, 5.74) is -1.89. The quantitative estimate of drug-likeness (QED) is 0.769. The molecule has 2 rings (SSSR count). The minimum atomic E-state index is -3.23. The van der Waals surface area contributed by atoms with Crippen LogP contribution in [0.2, 0.25) is 0 Å². The molecule has 1 aliphatic rings. The molecule has 16 heavy (non-hydrogen) atoms. The number of aliphatic hydroxyl groups is 1. The summed E-state index contributed by atoms with van der Waals surface area (Å²) in [6.45, 7) is 0. The molecule has 90 valence electrons. The fraction of sp³-hybridized carbons (Fsp3) is 0.727. The molecule has 1 heterocycles. The van der Waals surface area contributed by atoms with Crippen LogP contribution in [-0.4, -0.2) is 15.3 Å². The van der Waals surface area contributed by atoms with Gasteiger partial charge in [0.1, 0.15) is 12.4 Å². The minimum Gasteiger partial charge on any atom is -0.379 e. The predicted molar refractivity (Wildman–Crippen MR) is 53.8 cm³/mol. The molecule has 0 radical (unpaired) electrons. The minimum absolute atomic E-state index is 0.169. The van der Waals surface area contributed by atoms with Gasteiger partial charge in [-0.2, -0.15) is 13.3 Å². The number of imidazole rings is 1. The molecule has 0 bridgehead atoms. The first-order chi connectivity index (χ1) is 7.46. The van der Waals surface area contributed by atoms with Crippen LogP contribution in [-0.2, 0) is 13.1 Å². The van der Waals surface area contributed by atoms with Crippen LogP contribution in [0.3, 0.4) is 0 Å². The lowest BCUT2D eigenvalue weighted by molar-refractivity contribution is -0.671. The molecule has 1 aliphatic carbocycles. The standard InChI is InChI=1S/C11H17F2N2O/c1-14-7-8-15(9-14)11(12,13)10(16)5-3-2-4-6-10/h7-9,16H,2-6H2,1H3/q+1. The van der Waals surface area contributed by atoms with Crippen molar-refractivity contribution >= 4 is 0 Å². The molecule has 0 saturated heterocycles. The van der Waals surface area contributed by atoms with Gasteiger partial charge in [0, 0.05) is 0 Å². The first-order valence-electron chi connectivity index (χ1n) is 5.60. The van der Waals surface area contributed by atoms with Crippen LogP contribution < -0.4 is 4.57 Å². The van der Waals surface area contributed by atoms with Gasteiger partial charge in [0.2, 0.25) is 6.33 Å². The number of aromatic nitrogens is 2. The van der Waals surface area contributed by atoms with E-state index in [0.717, 1.165) is 11.0 Å². The van der Waals surface area contributed by atoms with Crippen molar-refractivity contribution in [3.05, 3.63) is 18.7 Å². The second kappa shape index (κ2) is 3.80. The van der Waals surface area contributed by atoms with E-state index in [4.69, 9.17) is 0 Å². The van der Waals surface area contributed by atoms with Crippen molar-refractivity contribution in [1.29, 1.82) is 0 Å². The van der Waals surface area contributed by atoms with Gasteiger partial charge >= 0.3 is 6.05 Å². The highest BCUT2D eigenvalue weighted by atomic mass is 19.3. The van der Waals surface area contributed by atoms with Gasteiger partial charge in [-0.3, -0.25) is 0 Å². The second-order valence-electron chi connectivity index (χ2n) is 4.62. The van der Waals surface area contributed by atoms with Gasteiger partial charge in [-0.1, -0.05) is 19.3 Å². The molecule has 1 aromatic heterocycles. The molecule has 1 aromatic rings. The second-order valence-corrected chi connectivity index (χ2v) is 4.62. The Morgan fingerprint density at radius 3 is 2.44 bits per heavy atom. The molecule has 0 unspecified atom stereocenters. The molecule has 1 N–H and O–H groups in total. The largest absolute Gasteiger partial charge is 0.426 e. The fourth-order valence-electron chi connectivity index (χ4n) is 2.29. The molecule has 5 heteroatoms. The van der Waals surface area contributed by atoms with Crippen molar-refractivity contribution in [2.75, 3.05) is 0 Å². The number of halogens is 2. The summed E-state index contributed by atoms with van der Waals surface area (Å²) in [5, 5.41) is 10.1. The van der Waals surface area contributed by atoms with Crippen molar-refractivity contribution in [2.45, 2.75) is 43.8 Å². The lowest BCUT2D eigenvalue weighted by Crippen LogP contribution is -2.51. The Morgan fingerprint density at radius 1 is 1.31 bits per heavy atom. The van der Waals surface area contributed by atoms with Crippen molar-refractivity contribution in [1.82, 2.24) is 4.57 Å².